The van der Waals surface area contributed by atoms with Crippen LogP contribution in [0, 0.1) is 6.92 Å². The maximum Gasteiger partial charge on any atom is 0.202 e. The molecular formula is C12H21N3OS. The van der Waals surface area contributed by atoms with Gasteiger partial charge in [-0.2, -0.15) is 4.37 Å². The first-order valence-electron chi connectivity index (χ1n) is 6.38. The molecule has 17 heavy (non-hydrogen) atoms. The molecule has 0 aliphatic carbocycles. The summed E-state index contributed by atoms with van der Waals surface area (Å²) in [5, 5.41) is 4.43. The first-order valence-corrected chi connectivity index (χ1v) is 7.15. The van der Waals surface area contributed by atoms with Gasteiger partial charge in [-0.05, 0) is 32.6 Å². The molecular weight excluding hydrogens is 234 g/mol. The van der Waals surface area contributed by atoms with Gasteiger partial charge in [0.25, 0.3) is 0 Å². The Labute approximate surface area is 107 Å². The van der Waals surface area contributed by atoms with E-state index in [1.165, 1.54) is 11.5 Å². The van der Waals surface area contributed by atoms with Crippen LogP contribution in [0.25, 0.3) is 0 Å². The molecule has 96 valence electrons. The molecule has 1 aliphatic rings. The number of nitrogens with zero attached hydrogens (tertiary/aromatic N) is 2. The molecule has 1 atom stereocenters. The fourth-order valence-electron chi connectivity index (χ4n) is 2.42. The molecule has 0 radical (unpaired) electrons. The molecule has 1 unspecified atom stereocenters. The third kappa shape index (κ3) is 2.96. The summed E-state index contributed by atoms with van der Waals surface area (Å²) in [6.07, 6.45) is 4.28. The van der Waals surface area contributed by atoms with Crippen molar-refractivity contribution < 1.29 is 4.74 Å². The topological polar surface area (TPSA) is 47.0 Å². The van der Waals surface area contributed by atoms with E-state index in [1.54, 1.807) is 0 Å². The minimum Gasteiger partial charge on any atom is -0.375 e. The molecule has 1 saturated heterocycles. The molecule has 2 rings (SSSR count). The Kier molecular flexibility index (Phi) is 3.99. The van der Waals surface area contributed by atoms with Gasteiger partial charge in [-0.3, -0.25) is 0 Å². The van der Waals surface area contributed by atoms with E-state index < -0.39 is 0 Å². The second kappa shape index (κ2) is 5.31. The number of hydrogen-bond acceptors (Lipinski definition) is 5. The minimum atomic E-state index is 0.0651. The summed E-state index contributed by atoms with van der Waals surface area (Å²) >= 11 is 1.45. The van der Waals surface area contributed by atoms with Crippen molar-refractivity contribution in [1.82, 2.24) is 9.36 Å². The molecule has 0 amide bonds. The lowest BCUT2D eigenvalue weighted by Crippen LogP contribution is -2.43. The number of aryl methyl sites for hydroxylation is 1. The van der Waals surface area contributed by atoms with Gasteiger partial charge in [-0.1, -0.05) is 13.8 Å². The first-order chi connectivity index (χ1) is 8.17. The standard InChI is InChI=1S/C12H21N3OS/c1-4-12(5-2)8-10(6-7-16-12)14-11-13-9(3)15-17-11/h10H,4-8H2,1-3H3,(H,13,14,15). The van der Waals surface area contributed by atoms with E-state index in [9.17, 15) is 0 Å². The summed E-state index contributed by atoms with van der Waals surface area (Å²) in [6.45, 7) is 7.19. The Morgan fingerprint density at radius 3 is 2.82 bits per heavy atom. The van der Waals surface area contributed by atoms with Gasteiger partial charge in [0, 0.05) is 24.2 Å². The zero-order chi connectivity index (χ0) is 12.3. The number of ether oxygens (including phenoxy) is 1. The molecule has 1 aromatic heterocycles. The number of nitrogens with one attached hydrogen (secondary N) is 1. The monoisotopic (exact) mass is 255 g/mol. The van der Waals surface area contributed by atoms with Gasteiger partial charge in [0.05, 0.1) is 5.60 Å². The van der Waals surface area contributed by atoms with E-state index in [2.05, 4.69) is 28.5 Å². The molecule has 0 aromatic carbocycles. The summed E-state index contributed by atoms with van der Waals surface area (Å²) in [5.74, 6) is 0.849. The highest BCUT2D eigenvalue weighted by molar-refractivity contribution is 7.09. The van der Waals surface area contributed by atoms with Crippen LogP contribution < -0.4 is 5.32 Å². The molecule has 1 fully saturated rings. The molecule has 2 heterocycles. The van der Waals surface area contributed by atoms with Gasteiger partial charge in [-0.15, -0.1) is 0 Å². The highest BCUT2D eigenvalue weighted by Crippen LogP contribution is 2.32. The Hall–Kier alpha value is -0.680. The number of anilines is 1. The van der Waals surface area contributed by atoms with Crippen LogP contribution in [-0.2, 0) is 4.74 Å². The molecule has 0 bridgehead atoms. The Bertz CT molecular complexity index is 362. The van der Waals surface area contributed by atoms with Crippen molar-refractivity contribution in [1.29, 1.82) is 0 Å². The average Bonchev–Trinajstić information content (AvgIpc) is 2.75. The second-order valence-corrected chi connectivity index (χ2v) is 5.47. The second-order valence-electron chi connectivity index (χ2n) is 4.72. The summed E-state index contributed by atoms with van der Waals surface area (Å²) < 4.78 is 10.2. The molecule has 5 heteroatoms. The van der Waals surface area contributed by atoms with E-state index in [4.69, 9.17) is 4.74 Å². The predicted octanol–water partition coefficient (Wildman–Crippen LogP) is 3.00. The van der Waals surface area contributed by atoms with Crippen LogP contribution in [0.1, 0.15) is 45.4 Å². The van der Waals surface area contributed by atoms with Crippen LogP contribution in [0.15, 0.2) is 0 Å². The van der Waals surface area contributed by atoms with Crippen LogP contribution in [-0.4, -0.2) is 27.6 Å². The lowest BCUT2D eigenvalue weighted by molar-refractivity contribution is -0.0864. The largest absolute Gasteiger partial charge is 0.375 e. The minimum absolute atomic E-state index is 0.0651. The summed E-state index contributed by atoms with van der Waals surface area (Å²) in [6, 6.07) is 0.469. The van der Waals surface area contributed by atoms with Gasteiger partial charge in [0.15, 0.2) is 0 Å². The van der Waals surface area contributed by atoms with Crippen molar-refractivity contribution >= 4 is 16.7 Å². The van der Waals surface area contributed by atoms with Gasteiger partial charge >= 0.3 is 0 Å². The van der Waals surface area contributed by atoms with E-state index in [0.29, 0.717) is 6.04 Å². The van der Waals surface area contributed by atoms with Crippen molar-refractivity contribution in [3.8, 4) is 0 Å². The normalized spacial score (nSPS) is 23.6. The number of aromatic nitrogens is 2. The van der Waals surface area contributed by atoms with E-state index in [0.717, 1.165) is 43.2 Å². The third-order valence-electron chi connectivity index (χ3n) is 3.64. The molecule has 0 saturated carbocycles. The maximum atomic E-state index is 5.96. The van der Waals surface area contributed by atoms with Crippen LogP contribution in [0.4, 0.5) is 5.13 Å². The highest BCUT2D eigenvalue weighted by atomic mass is 32.1. The van der Waals surface area contributed by atoms with E-state index >= 15 is 0 Å². The van der Waals surface area contributed by atoms with E-state index in [-0.39, 0.29) is 5.60 Å². The van der Waals surface area contributed by atoms with Crippen LogP contribution in [0.5, 0.6) is 0 Å². The van der Waals surface area contributed by atoms with Gasteiger partial charge in [0.2, 0.25) is 5.13 Å². The lowest BCUT2D eigenvalue weighted by atomic mass is 9.86. The first kappa shape index (κ1) is 12.8. The predicted molar refractivity (Wildman–Crippen MR) is 70.6 cm³/mol. The van der Waals surface area contributed by atoms with Gasteiger partial charge in [-0.25, -0.2) is 4.98 Å². The Balaban J connectivity index is 1.98. The SMILES string of the molecule is CCC1(CC)CC(Nc2nc(C)ns2)CCO1. The zero-order valence-electron chi connectivity index (χ0n) is 10.8. The van der Waals surface area contributed by atoms with Crippen LogP contribution >= 0.6 is 11.5 Å². The van der Waals surface area contributed by atoms with Crippen molar-refractivity contribution in [2.24, 2.45) is 0 Å². The fraction of sp³-hybridized carbons (Fsp3) is 0.833. The van der Waals surface area contributed by atoms with Crippen LogP contribution in [0.3, 0.4) is 0 Å². The molecule has 4 nitrogen and oxygen atoms in total. The maximum absolute atomic E-state index is 5.96. The molecule has 0 spiro atoms. The average molecular weight is 255 g/mol. The van der Waals surface area contributed by atoms with E-state index in [1.807, 2.05) is 6.92 Å². The number of hydrogen-bond donors (Lipinski definition) is 1. The summed E-state index contributed by atoms with van der Waals surface area (Å²) in [4.78, 5) is 4.36. The summed E-state index contributed by atoms with van der Waals surface area (Å²) in [7, 11) is 0. The smallest absolute Gasteiger partial charge is 0.202 e. The Morgan fingerprint density at radius 2 is 2.24 bits per heavy atom. The molecule has 1 aliphatic heterocycles. The van der Waals surface area contributed by atoms with Gasteiger partial charge < -0.3 is 10.1 Å². The van der Waals surface area contributed by atoms with Crippen molar-refractivity contribution in [2.45, 2.75) is 58.1 Å². The zero-order valence-corrected chi connectivity index (χ0v) is 11.6. The lowest BCUT2D eigenvalue weighted by Gasteiger charge is -2.40. The van der Waals surface area contributed by atoms with Crippen LogP contribution in [0.2, 0.25) is 0 Å². The van der Waals surface area contributed by atoms with Crippen molar-refractivity contribution in [3.05, 3.63) is 5.82 Å². The van der Waals surface area contributed by atoms with Gasteiger partial charge in [0.1, 0.15) is 5.82 Å². The summed E-state index contributed by atoms with van der Waals surface area (Å²) in [5.41, 5.74) is 0.0651. The van der Waals surface area contributed by atoms with Crippen molar-refractivity contribution in [2.75, 3.05) is 11.9 Å². The highest BCUT2D eigenvalue weighted by Gasteiger charge is 2.34. The molecule has 1 aromatic rings. The quantitative estimate of drug-likeness (QED) is 0.898. The third-order valence-corrected chi connectivity index (χ3v) is 4.37. The fourth-order valence-corrected chi connectivity index (χ4v) is 3.08. The Morgan fingerprint density at radius 1 is 1.47 bits per heavy atom. The number of rotatable bonds is 4. The van der Waals surface area contributed by atoms with Crippen molar-refractivity contribution in [3.63, 3.8) is 0 Å². The molecule has 1 N–H and O–H groups in total.